The summed E-state index contributed by atoms with van der Waals surface area (Å²) in [7, 11) is 0. The summed E-state index contributed by atoms with van der Waals surface area (Å²) in [5.41, 5.74) is 0. The molecule has 2 fully saturated rings. The van der Waals surface area contributed by atoms with Crippen LogP contribution in [0, 0.1) is 23.7 Å². The Morgan fingerprint density at radius 2 is 1.00 bits per heavy atom. The Morgan fingerprint density at radius 3 is 1.19 bits per heavy atom. The van der Waals surface area contributed by atoms with Crippen LogP contribution < -0.4 is 0 Å². The highest BCUT2D eigenvalue weighted by molar-refractivity contribution is 4.65. The van der Waals surface area contributed by atoms with Gasteiger partial charge < -0.3 is 9.47 Å². The number of hydrogen-bond acceptors (Lipinski definition) is 2. The van der Waals surface area contributed by atoms with Crippen molar-refractivity contribution in [2.45, 2.75) is 40.5 Å². The van der Waals surface area contributed by atoms with Crippen LogP contribution in [0.15, 0.2) is 0 Å². The molecule has 0 N–H and O–H groups in total. The van der Waals surface area contributed by atoms with Crippen molar-refractivity contribution in [3.8, 4) is 0 Å². The van der Waals surface area contributed by atoms with Crippen molar-refractivity contribution in [2.24, 2.45) is 23.7 Å². The Kier molecular flexibility index (Phi) is 6.37. The lowest BCUT2D eigenvalue weighted by Crippen LogP contribution is -2.22. The zero-order valence-corrected chi connectivity index (χ0v) is 11.4. The molecule has 16 heavy (non-hydrogen) atoms. The molecule has 2 heteroatoms. The molecule has 4 atom stereocenters. The highest BCUT2D eigenvalue weighted by Gasteiger charge is 2.16. The fraction of sp³-hybridized carbons (Fsp3) is 1.00. The normalized spacial score (nSPS) is 39.8. The van der Waals surface area contributed by atoms with E-state index in [0.29, 0.717) is 0 Å². The molecule has 96 valence electrons. The van der Waals surface area contributed by atoms with Crippen molar-refractivity contribution >= 4 is 0 Å². The highest BCUT2D eigenvalue weighted by atomic mass is 16.5. The zero-order valence-electron chi connectivity index (χ0n) is 11.4. The fourth-order valence-corrected chi connectivity index (χ4v) is 1.97. The summed E-state index contributed by atoms with van der Waals surface area (Å²) in [4.78, 5) is 0. The first-order chi connectivity index (χ1) is 7.61. The second kappa shape index (κ2) is 7.29. The van der Waals surface area contributed by atoms with E-state index in [1.54, 1.807) is 0 Å². The minimum atomic E-state index is 0.781. The van der Waals surface area contributed by atoms with Crippen molar-refractivity contribution in [1.82, 2.24) is 0 Å². The molecule has 0 amide bonds. The Bertz CT molecular complexity index is 142. The van der Waals surface area contributed by atoms with E-state index >= 15 is 0 Å². The molecule has 2 aliphatic heterocycles. The van der Waals surface area contributed by atoms with Crippen LogP contribution in [0.4, 0.5) is 0 Å². The minimum absolute atomic E-state index is 0.781. The summed E-state index contributed by atoms with van der Waals surface area (Å²) in [6.45, 7) is 13.0. The van der Waals surface area contributed by atoms with E-state index in [-0.39, 0.29) is 0 Å². The molecule has 0 aromatic carbocycles. The van der Waals surface area contributed by atoms with Gasteiger partial charge in [-0.1, -0.05) is 27.7 Å². The van der Waals surface area contributed by atoms with Gasteiger partial charge in [0.05, 0.1) is 0 Å². The Hall–Kier alpha value is -0.0800. The van der Waals surface area contributed by atoms with Crippen molar-refractivity contribution in [2.75, 3.05) is 26.4 Å². The third kappa shape index (κ3) is 4.84. The van der Waals surface area contributed by atoms with Gasteiger partial charge in [0.2, 0.25) is 0 Å². The molecular formula is C14H28O2. The molecule has 0 aromatic heterocycles. The van der Waals surface area contributed by atoms with Crippen LogP contribution in [0.1, 0.15) is 40.5 Å². The summed E-state index contributed by atoms with van der Waals surface area (Å²) >= 11 is 0. The van der Waals surface area contributed by atoms with E-state index in [2.05, 4.69) is 27.7 Å². The third-order valence-electron chi connectivity index (χ3n) is 4.14. The first-order valence-corrected chi connectivity index (χ1v) is 6.76. The fourth-order valence-electron chi connectivity index (χ4n) is 1.97. The second-order valence-electron chi connectivity index (χ2n) is 5.64. The van der Waals surface area contributed by atoms with Gasteiger partial charge in [0.25, 0.3) is 0 Å². The molecule has 0 aromatic rings. The van der Waals surface area contributed by atoms with Gasteiger partial charge in [0.15, 0.2) is 0 Å². The van der Waals surface area contributed by atoms with Crippen LogP contribution in [0.5, 0.6) is 0 Å². The lowest BCUT2D eigenvalue weighted by atomic mass is 9.92. The first-order valence-electron chi connectivity index (χ1n) is 6.76. The molecule has 2 heterocycles. The van der Waals surface area contributed by atoms with E-state index in [1.807, 2.05) is 0 Å². The maximum absolute atomic E-state index is 5.25. The minimum Gasteiger partial charge on any atom is -0.381 e. The van der Waals surface area contributed by atoms with Crippen molar-refractivity contribution in [3.05, 3.63) is 0 Å². The van der Waals surface area contributed by atoms with Gasteiger partial charge in [-0.05, 0) is 36.5 Å². The van der Waals surface area contributed by atoms with Gasteiger partial charge in [0.1, 0.15) is 0 Å². The second-order valence-corrected chi connectivity index (χ2v) is 5.64. The molecule has 2 rings (SSSR count). The molecule has 2 saturated heterocycles. The summed E-state index contributed by atoms with van der Waals surface area (Å²) in [6.07, 6.45) is 2.50. The zero-order chi connectivity index (χ0) is 12.0. The van der Waals surface area contributed by atoms with Crippen molar-refractivity contribution < 1.29 is 9.47 Å². The maximum atomic E-state index is 5.25. The van der Waals surface area contributed by atoms with Gasteiger partial charge >= 0.3 is 0 Å². The van der Waals surface area contributed by atoms with Gasteiger partial charge in [-0.15, -0.1) is 0 Å². The Balaban J connectivity index is 0.000000160. The molecule has 4 unspecified atom stereocenters. The van der Waals surface area contributed by atoms with Gasteiger partial charge in [-0.25, -0.2) is 0 Å². The molecule has 2 nitrogen and oxygen atoms in total. The molecular weight excluding hydrogens is 200 g/mol. The van der Waals surface area contributed by atoms with Crippen molar-refractivity contribution in [1.29, 1.82) is 0 Å². The highest BCUT2D eigenvalue weighted by Crippen LogP contribution is 2.20. The maximum Gasteiger partial charge on any atom is 0.0494 e. The van der Waals surface area contributed by atoms with E-state index in [0.717, 1.165) is 50.1 Å². The molecule has 0 aliphatic carbocycles. The summed E-state index contributed by atoms with van der Waals surface area (Å²) in [6, 6.07) is 0. The van der Waals surface area contributed by atoms with E-state index in [4.69, 9.17) is 9.47 Å². The average Bonchev–Trinajstić information content (AvgIpc) is 2.28. The Labute approximate surface area is 101 Å². The van der Waals surface area contributed by atoms with Crippen LogP contribution >= 0.6 is 0 Å². The smallest absolute Gasteiger partial charge is 0.0494 e. The topological polar surface area (TPSA) is 18.5 Å². The monoisotopic (exact) mass is 228 g/mol. The molecule has 2 aliphatic rings. The van der Waals surface area contributed by atoms with E-state index in [9.17, 15) is 0 Å². The molecule has 0 radical (unpaired) electrons. The molecule has 0 spiro atoms. The third-order valence-corrected chi connectivity index (χ3v) is 4.14. The SMILES string of the molecule is CC1CCOCC1C.CC1CCOCC1C. The first kappa shape index (κ1) is 14.0. The number of ether oxygens (including phenoxy) is 2. The van der Waals surface area contributed by atoms with Crippen LogP contribution in [0.3, 0.4) is 0 Å². The van der Waals surface area contributed by atoms with Gasteiger partial charge in [-0.2, -0.15) is 0 Å². The molecule has 0 saturated carbocycles. The van der Waals surface area contributed by atoms with Crippen LogP contribution in [-0.2, 0) is 9.47 Å². The van der Waals surface area contributed by atoms with Crippen LogP contribution in [-0.4, -0.2) is 26.4 Å². The largest absolute Gasteiger partial charge is 0.381 e. The average molecular weight is 228 g/mol. The summed E-state index contributed by atoms with van der Waals surface area (Å²) < 4.78 is 10.5. The van der Waals surface area contributed by atoms with Crippen LogP contribution in [0.2, 0.25) is 0 Å². The number of rotatable bonds is 0. The molecule has 0 bridgehead atoms. The summed E-state index contributed by atoms with van der Waals surface area (Å²) in [5, 5.41) is 0. The predicted octanol–water partition coefficient (Wildman–Crippen LogP) is 3.36. The lowest BCUT2D eigenvalue weighted by Gasteiger charge is -2.24. The van der Waals surface area contributed by atoms with Crippen LogP contribution in [0.25, 0.3) is 0 Å². The standard InChI is InChI=1S/2C7H14O/c2*1-6-3-4-8-5-7(6)2/h2*6-7H,3-5H2,1-2H3. The Morgan fingerprint density at radius 1 is 0.625 bits per heavy atom. The van der Waals surface area contributed by atoms with Gasteiger partial charge in [0, 0.05) is 26.4 Å². The van der Waals surface area contributed by atoms with Gasteiger partial charge in [-0.3, -0.25) is 0 Å². The van der Waals surface area contributed by atoms with E-state index in [1.165, 1.54) is 12.8 Å². The lowest BCUT2D eigenvalue weighted by molar-refractivity contribution is 0.0302. The van der Waals surface area contributed by atoms with E-state index < -0.39 is 0 Å². The quantitative estimate of drug-likeness (QED) is 0.633. The summed E-state index contributed by atoms with van der Waals surface area (Å²) in [5.74, 6) is 3.32. The van der Waals surface area contributed by atoms with Crippen molar-refractivity contribution in [3.63, 3.8) is 0 Å². The number of hydrogen-bond donors (Lipinski definition) is 0. The predicted molar refractivity (Wildman–Crippen MR) is 67.5 cm³/mol.